The van der Waals surface area contributed by atoms with Gasteiger partial charge in [0, 0.05) is 20.1 Å². The number of hydrogen-bond acceptors (Lipinski definition) is 3. The molecule has 0 spiro atoms. The molecule has 2 N–H and O–H groups in total. The van der Waals surface area contributed by atoms with Crippen molar-refractivity contribution in [3.8, 4) is 0 Å². The Morgan fingerprint density at radius 3 is 2.63 bits per heavy atom. The molecule has 19 heavy (non-hydrogen) atoms. The van der Waals surface area contributed by atoms with E-state index in [-0.39, 0.29) is 5.82 Å². The molecule has 1 aliphatic carbocycles. The number of aliphatic hydroxyl groups is 1. The molecule has 3 nitrogen and oxygen atoms in total. The third-order valence-electron chi connectivity index (χ3n) is 3.87. The molecule has 1 fully saturated rings. The van der Waals surface area contributed by atoms with Crippen molar-refractivity contribution in [2.75, 3.05) is 25.5 Å². The molecule has 0 saturated heterocycles. The van der Waals surface area contributed by atoms with Crippen molar-refractivity contribution in [1.29, 1.82) is 0 Å². The second-order valence-corrected chi connectivity index (χ2v) is 5.60. The standard InChI is InChI=1S/C15H23FN2O/c1-17-10-12-5-6-14(13(16)9-12)18(2)11-15(19)7-3-4-8-15/h5-6,9,17,19H,3-4,7-8,10-11H2,1-2H3. The minimum atomic E-state index is -0.648. The van der Waals surface area contributed by atoms with Crippen LogP contribution in [0.4, 0.5) is 10.1 Å². The lowest BCUT2D eigenvalue weighted by molar-refractivity contribution is 0.0558. The van der Waals surface area contributed by atoms with Crippen LogP contribution in [0, 0.1) is 5.82 Å². The van der Waals surface area contributed by atoms with Crippen molar-refractivity contribution in [2.24, 2.45) is 0 Å². The molecule has 0 aliphatic heterocycles. The molecule has 0 unspecified atom stereocenters. The van der Waals surface area contributed by atoms with Crippen molar-refractivity contribution in [3.63, 3.8) is 0 Å². The second kappa shape index (κ2) is 5.88. The maximum absolute atomic E-state index is 14.1. The molecule has 1 aromatic carbocycles. The molecule has 106 valence electrons. The number of rotatable bonds is 5. The van der Waals surface area contributed by atoms with Crippen LogP contribution in [-0.4, -0.2) is 31.3 Å². The van der Waals surface area contributed by atoms with Crippen molar-refractivity contribution in [2.45, 2.75) is 37.8 Å². The quantitative estimate of drug-likeness (QED) is 0.858. The number of nitrogens with one attached hydrogen (secondary N) is 1. The molecule has 4 heteroatoms. The van der Waals surface area contributed by atoms with Crippen LogP contribution in [0.25, 0.3) is 0 Å². The fourth-order valence-corrected chi connectivity index (χ4v) is 2.89. The average molecular weight is 266 g/mol. The summed E-state index contributed by atoms with van der Waals surface area (Å²) in [7, 11) is 3.68. The maximum Gasteiger partial charge on any atom is 0.146 e. The van der Waals surface area contributed by atoms with Crippen molar-refractivity contribution in [1.82, 2.24) is 5.32 Å². The van der Waals surface area contributed by atoms with E-state index in [1.807, 2.05) is 25.1 Å². The lowest BCUT2D eigenvalue weighted by atomic mass is 10.0. The Balaban J connectivity index is 2.08. The van der Waals surface area contributed by atoms with Gasteiger partial charge in [-0.25, -0.2) is 4.39 Å². The third kappa shape index (κ3) is 3.45. The highest BCUT2D eigenvalue weighted by atomic mass is 19.1. The van der Waals surface area contributed by atoms with Gasteiger partial charge in [-0.1, -0.05) is 18.9 Å². The monoisotopic (exact) mass is 266 g/mol. The van der Waals surface area contributed by atoms with Gasteiger partial charge < -0.3 is 15.3 Å². The maximum atomic E-state index is 14.1. The summed E-state index contributed by atoms with van der Waals surface area (Å²) in [6.45, 7) is 1.15. The summed E-state index contributed by atoms with van der Waals surface area (Å²) in [6, 6.07) is 5.27. The van der Waals surface area contributed by atoms with Gasteiger partial charge in [-0.3, -0.25) is 0 Å². The molecular formula is C15H23FN2O. The lowest BCUT2D eigenvalue weighted by Crippen LogP contribution is -2.39. The Labute approximate surface area is 114 Å². The predicted molar refractivity (Wildman–Crippen MR) is 75.9 cm³/mol. The number of likely N-dealkylation sites (N-methyl/N-ethyl adjacent to an activating group) is 1. The van der Waals surface area contributed by atoms with Gasteiger partial charge in [0.25, 0.3) is 0 Å². The zero-order valence-corrected chi connectivity index (χ0v) is 11.7. The van der Waals surface area contributed by atoms with E-state index in [9.17, 15) is 9.50 Å². The number of hydrogen-bond donors (Lipinski definition) is 2. The highest BCUT2D eigenvalue weighted by Crippen LogP contribution is 2.31. The molecule has 1 aromatic rings. The van der Waals surface area contributed by atoms with Crippen LogP contribution in [0.3, 0.4) is 0 Å². The molecular weight excluding hydrogens is 243 g/mol. The van der Waals surface area contributed by atoms with E-state index in [1.165, 1.54) is 0 Å². The normalized spacial score (nSPS) is 17.7. The van der Waals surface area contributed by atoms with E-state index in [2.05, 4.69) is 5.32 Å². The highest BCUT2D eigenvalue weighted by Gasteiger charge is 2.32. The molecule has 1 aliphatic rings. The topological polar surface area (TPSA) is 35.5 Å². The molecule has 0 amide bonds. The minimum Gasteiger partial charge on any atom is -0.388 e. The Hall–Kier alpha value is -1.13. The summed E-state index contributed by atoms with van der Waals surface area (Å²) in [4.78, 5) is 1.82. The molecule has 1 saturated carbocycles. The van der Waals surface area contributed by atoms with Crippen LogP contribution < -0.4 is 10.2 Å². The number of anilines is 1. The number of halogens is 1. The van der Waals surface area contributed by atoms with E-state index in [0.717, 1.165) is 31.2 Å². The van der Waals surface area contributed by atoms with Crippen LogP contribution in [0.2, 0.25) is 0 Å². The van der Waals surface area contributed by atoms with Crippen LogP contribution in [0.5, 0.6) is 0 Å². The number of benzene rings is 1. The van der Waals surface area contributed by atoms with Crippen LogP contribution in [-0.2, 0) is 6.54 Å². The molecule has 0 radical (unpaired) electrons. The van der Waals surface area contributed by atoms with E-state index >= 15 is 0 Å². The Morgan fingerprint density at radius 1 is 1.37 bits per heavy atom. The first-order chi connectivity index (χ1) is 9.04. The molecule has 0 aromatic heterocycles. The van der Waals surface area contributed by atoms with Gasteiger partial charge in [0.1, 0.15) is 5.82 Å². The summed E-state index contributed by atoms with van der Waals surface area (Å²) in [5.41, 5.74) is 0.835. The predicted octanol–water partition coefficient (Wildman–Crippen LogP) is 2.29. The Bertz CT molecular complexity index is 430. The van der Waals surface area contributed by atoms with Gasteiger partial charge in [-0.2, -0.15) is 0 Å². The summed E-state index contributed by atoms with van der Waals surface area (Å²) in [6.07, 6.45) is 3.76. The molecule has 0 atom stereocenters. The van der Waals surface area contributed by atoms with E-state index in [1.54, 1.807) is 12.1 Å². The van der Waals surface area contributed by atoms with Gasteiger partial charge in [0.05, 0.1) is 11.3 Å². The first-order valence-electron chi connectivity index (χ1n) is 6.91. The first kappa shape index (κ1) is 14.3. The van der Waals surface area contributed by atoms with E-state index in [4.69, 9.17) is 0 Å². The van der Waals surface area contributed by atoms with Crippen molar-refractivity contribution < 1.29 is 9.50 Å². The van der Waals surface area contributed by atoms with Crippen LogP contribution in [0.1, 0.15) is 31.2 Å². The smallest absolute Gasteiger partial charge is 0.146 e. The lowest BCUT2D eigenvalue weighted by Gasteiger charge is -2.30. The number of nitrogens with zero attached hydrogens (tertiary/aromatic N) is 1. The fraction of sp³-hybridized carbons (Fsp3) is 0.600. The van der Waals surface area contributed by atoms with Crippen molar-refractivity contribution in [3.05, 3.63) is 29.6 Å². The Morgan fingerprint density at radius 2 is 2.05 bits per heavy atom. The Kier molecular flexibility index (Phi) is 4.42. The van der Waals surface area contributed by atoms with Gasteiger partial charge >= 0.3 is 0 Å². The molecule has 2 rings (SSSR count). The summed E-state index contributed by atoms with van der Waals surface area (Å²) >= 11 is 0. The highest BCUT2D eigenvalue weighted by molar-refractivity contribution is 5.49. The second-order valence-electron chi connectivity index (χ2n) is 5.60. The zero-order chi connectivity index (χ0) is 13.9. The average Bonchev–Trinajstić information content (AvgIpc) is 2.76. The molecule has 0 heterocycles. The summed E-state index contributed by atoms with van der Waals surface area (Å²) < 4.78 is 14.1. The van der Waals surface area contributed by atoms with Gasteiger partial charge in [-0.05, 0) is 37.6 Å². The third-order valence-corrected chi connectivity index (χ3v) is 3.87. The zero-order valence-electron chi connectivity index (χ0n) is 11.7. The SMILES string of the molecule is CNCc1ccc(N(C)CC2(O)CCCC2)c(F)c1. The van der Waals surface area contributed by atoms with E-state index < -0.39 is 5.60 Å². The van der Waals surface area contributed by atoms with Gasteiger partial charge in [0.2, 0.25) is 0 Å². The first-order valence-corrected chi connectivity index (χ1v) is 6.91. The van der Waals surface area contributed by atoms with Gasteiger partial charge in [-0.15, -0.1) is 0 Å². The van der Waals surface area contributed by atoms with E-state index in [0.29, 0.717) is 18.8 Å². The molecule has 0 bridgehead atoms. The largest absolute Gasteiger partial charge is 0.388 e. The summed E-state index contributed by atoms with van der Waals surface area (Å²) in [5.74, 6) is -0.225. The van der Waals surface area contributed by atoms with Crippen LogP contribution >= 0.6 is 0 Å². The fourth-order valence-electron chi connectivity index (χ4n) is 2.89. The van der Waals surface area contributed by atoms with Crippen LogP contribution in [0.15, 0.2) is 18.2 Å². The van der Waals surface area contributed by atoms with Gasteiger partial charge in [0.15, 0.2) is 0 Å². The van der Waals surface area contributed by atoms with Crippen molar-refractivity contribution >= 4 is 5.69 Å². The minimum absolute atomic E-state index is 0.225. The summed E-state index contributed by atoms with van der Waals surface area (Å²) in [5, 5.41) is 13.4.